The summed E-state index contributed by atoms with van der Waals surface area (Å²) in [5, 5.41) is 12.7. The van der Waals surface area contributed by atoms with Crippen molar-refractivity contribution in [1.29, 1.82) is 5.41 Å². The second-order valence-corrected chi connectivity index (χ2v) is 3.38. The maximum absolute atomic E-state index is 7.36. The van der Waals surface area contributed by atoms with Gasteiger partial charge in [-0.15, -0.1) is 12.4 Å². The van der Waals surface area contributed by atoms with Gasteiger partial charge in [-0.25, -0.2) is 5.01 Å². The summed E-state index contributed by atoms with van der Waals surface area (Å²) in [7, 11) is 0. The molecule has 0 bridgehead atoms. The van der Waals surface area contributed by atoms with E-state index in [2.05, 4.69) is 21.0 Å². The molecule has 0 amide bonds. The molecule has 4 nitrogen and oxygen atoms in total. The Bertz CT molecular complexity index is 367. The lowest BCUT2D eigenvalue weighted by Gasteiger charge is -2.17. The monoisotopic (exact) mass is 290 g/mol. The van der Waals surface area contributed by atoms with Gasteiger partial charge >= 0.3 is 0 Å². The fourth-order valence-electron chi connectivity index (χ4n) is 0.993. The first kappa shape index (κ1) is 13.9. The summed E-state index contributed by atoms with van der Waals surface area (Å²) in [5.74, 6) is -0.116. The average Bonchev–Trinajstić information content (AvgIpc) is 2.15. The summed E-state index contributed by atoms with van der Waals surface area (Å²) in [6.45, 7) is 1.77. The van der Waals surface area contributed by atoms with Gasteiger partial charge in [-0.05, 0) is 35.0 Å². The van der Waals surface area contributed by atoms with E-state index in [1.165, 1.54) is 5.01 Å². The van der Waals surface area contributed by atoms with Crippen LogP contribution in [-0.2, 0) is 0 Å². The van der Waals surface area contributed by atoms with Crippen molar-refractivity contribution in [3.05, 3.63) is 28.7 Å². The van der Waals surface area contributed by atoms with E-state index in [-0.39, 0.29) is 18.4 Å². The molecule has 0 spiro atoms. The predicted molar refractivity (Wildman–Crippen MR) is 69.9 cm³/mol. The van der Waals surface area contributed by atoms with Crippen molar-refractivity contribution in [2.45, 2.75) is 6.92 Å². The number of hydrogen-bond donors (Lipinski definition) is 2. The number of anilines is 1. The average molecular weight is 292 g/mol. The van der Waals surface area contributed by atoms with E-state index in [1.54, 1.807) is 13.1 Å². The summed E-state index contributed by atoms with van der Waals surface area (Å²) >= 11 is 3.37. The molecule has 0 aliphatic carbocycles. The number of nitrogens with zero attached hydrogens (tertiary/aromatic N) is 2. The number of para-hydroxylation sites is 1. The number of benzene rings is 1. The first-order valence-electron chi connectivity index (χ1n) is 4.04. The van der Waals surface area contributed by atoms with E-state index in [0.717, 1.165) is 10.2 Å². The van der Waals surface area contributed by atoms with Gasteiger partial charge in [-0.2, -0.15) is 5.10 Å². The molecule has 1 aromatic carbocycles. The predicted octanol–water partition coefficient (Wildman–Crippen LogP) is 2.58. The highest BCUT2D eigenvalue weighted by molar-refractivity contribution is 9.10. The fraction of sp³-hybridized carbons (Fsp3) is 0.111. The molecule has 0 saturated heterocycles. The summed E-state index contributed by atoms with van der Waals surface area (Å²) in [6, 6.07) is 7.46. The molecule has 15 heavy (non-hydrogen) atoms. The van der Waals surface area contributed by atoms with Gasteiger partial charge in [0.25, 0.3) is 0 Å². The second kappa shape index (κ2) is 6.42. The largest absolute Gasteiger partial charge is 0.368 e. The summed E-state index contributed by atoms with van der Waals surface area (Å²) in [6.07, 6.45) is 1.58. The van der Waals surface area contributed by atoms with Gasteiger partial charge in [0.2, 0.25) is 5.96 Å². The maximum Gasteiger partial charge on any atom is 0.214 e. The molecule has 0 aliphatic rings. The van der Waals surface area contributed by atoms with E-state index in [4.69, 9.17) is 11.1 Å². The Kier molecular flexibility index (Phi) is 5.96. The summed E-state index contributed by atoms with van der Waals surface area (Å²) in [4.78, 5) is 0. The highest BCUT2D eigenvalue weighted by atomic mass is 79.9. The maximum atomic E-state index is 7.36. The van der Waals surface area contributed by atoms with Crippen LogP contribution in [-0.4, -0.2) is 12.2 Å². The quantitative estimate of drug-likeness (QED) is 0.500. The lowest BCUT2D eigenvalue weighted by molar-refractivity contribution is 1.09. The van der Waals surface area contributed by atoms with Gasteiger partial charge in [-0.3, -0.25) is 5.41 Å². The van der Waals surface area contributed by atoms with E-state index in [9.17, 15) is 0 Å². The Morgan fingerprint density at radius 3 is 2.60 bits per heavy atom. The zero-order valence-corrected chi connectivity index (χ0v) is 10.5. The van der Waals surface area contributed by atoms with Crippen LogP contribution in [0.1, 0.15) is 6.92 Å². The van der Waals surface area contributed by atoms with E-state index in [0.29, 0.717) is 0 Å². The smallest absolute Gasteiger partial charge is 0.214 e. The van der Waals surface area contributed by atoms with Crippen LogP contribution in [0.25, 0.3) is 0 Å². The van der Waals surface area contributed by atoms with Crippen molar-refractivity contribution < 1.29 is 0 Å². The number of halogens is 2. The van der Waals surface area contributed by atoms with Crippen LogP contribution in [0.15, 0.2) is 33.8 Å². The topological polar surface area (TPSA) is 65.5 Å². The summed E-state index contributed by atoms with van der Waals surface area (Å²) < 4.78 is 0.848. The van der Waals surface area contributed by atoms with Crippen molar-refractivity contribution in [3.63, 3.8) is 0 Å². The second-order valence-electron chi connectivity index (χ2n) is 2.52. The molecule has 0 unspecified atom stereocenters. The molecule has 82 valence electrons. The Balaban J connectivity index is 0.00000196. The van der Waals surface area contributed by atoms with E-state index < -0.39 is 0 Å². The normalized spacial score (nSPS) is 9.73. The molecule has 0 saturated carbocycles. The lowest BCUT2D eigenvalue weighted by atomic mass is 10.3. The van der Waals surface area contributed by atoms with Gasteiger partial charge in [-0.1, -0.05) is 12.1 Å². The van der Waals surface area contributed by atoms with E-state index >= 15 is 0 Å². The van der Waals surface area contributed by atoms with Gasteiger partial charge < -0.3 is 5.73 Å². The van der Waals surface area contributed by atoms with Gasteiger partial charge in [0.05, 0.1) is 5.69 Å². The Morgan fingerprint density at radius 1 is 1.53 bits per heavy atom. The number of hydrazone groups is 1. The molecule has 0 fully saturated rings. The minimum Gasteiger partial charge on any atom is -0.368 e. The molecule has 1 rings (SSSR count). The Labute approximate surface area is 103 Å². The number of guanidine groups is 1. The minimum absolute atomic E-state index is 0. The van der Waals surface area contributed by atoms with Crippen LogP contribution in [0, 0.1) is 5.41 Å². The third-order valence-corrected chi connectivity index (χ3v) is 2.21. The Morgan fingerprint density at radius 2 is 2.13 bits per heavy atom. The molecule has 0 aromatic heterocycles. The SMILES string of the molecule is CC=NN(C(=N)N)c1ccccc1Br.Cl. The summed E-state index contributed by atoms with van der Waals surface area (Å²) in [5.41, 5.74) is 6.15. The number of hydrogen-bond acceptors (Lipinski definition) is 2. The first-order valence-corrected chi connectivity index (χ1v) is 4.83. The van der Waals surface area contributed by atoms with Crippen LogP contribution in [0.4, 0.5) is 5.69 Å². The van der Waals surface area contributed by atoms with Crippen molar-refractivity contribution >= 4 is 46.2 Å². The standard InChI is InChI=1S/C9H11BrN4.ClH/c1-2-13-14(9(11)12)8-6-4-3-5-7(8)10;/h2-6H,1H3,(H3,11,12);1H. The van der Waals surface area contributed by atoms with Crippen LogP contribution >= 0.6 is 28.3 Å². The zero-order chi connectivity index (χ0) is 10.6. The van der Waals surface area contributed by atoms with Gasteiger partial charge in [0.1, 0.15) is 0 Å². The minimum atomic E-state index is -0.116. The van der Waals surface area contributed by atoms with Crippen LogP contribution in [0.2, 0.25) is 0 Å². The number of rotatable bonds is 2. The molecule has 0 radical (unpaired) electrons. The molecule has 0 atom stereocenters. The highest BCUT2D eigenvalue weighted by Gasteiger charge is 2.09. The van der Waals surface area contributed by atoms with Gasteiger partial charge in [0, 0.05) is 10.7 Å². The van der Waals surface area contributed by atoms with Crippen LogP contribution in [0.5, 0.6) is 0 Å². The Hall–Kier alpha value is -1.07. The molecule has 0 aliphatic heterocycles. The van der Waals surface area contributed by atoms with Crippen molar-refractivity contribution in [1.82, 2.24) is 0 Å². The van der Waals surface area contributed by atoms with Crippen molar-refractivity contribution in [3.8, 4) is 0 Å². The van der Waals surface area contributed by atoms with E-state index in [1.807, 2.05) is 24.3 Å². The number of nitrogens with one attached hydrogen (secondary N) is 1. The molecule has 6 heteroatoms. The van der Waals surface area contributed by atoms with Gasteiger partial charge in [0.15, 0.2) is 0 Å². The van der Waals surface area contributed by atoms with Crippen LogP contribution in [0.3, 0.4) is 0 Å². The van der Waals surface area contributed by atoms with Crippen molar-refractivity contribution in [2.75, 3.05) is 5.01 Å². The molecular weight excluding hydrogens is 279 g/mol. The molecule has 0 heterocycles. The first-order chi connectivity index (χ1) is 6.66. The lowest BCUT2D eigenvalue weighted by Crippen LogP contribution is -2.32. The zero-order valence-electron chi connectivity index (χ0n) is 8.14. The highest BCUT2D eigenvalue weighted by Crippen LogP contribution is 2.25. The third-order valence-electron chi connectivity index (χ3n) is 1.54. The molecular formula is C9H12BrClN4. The van der Waals surface area contributed by atoms with Crippen LogP contribution < -0.4 is 10.7 Å². The van der Waals surface area contributed by atoms with Crippen molar-refractivity contribution in [2.24, 2.45) is 10.8 Å². The third kappa shape index (κ3) is 3.53. The number of nitrogens with two attached hydrogens (primary N) is 1. The fourth-order valence-corrected chi connectivity index (χ4v) is 1.45. The molecule has 1 aromatic rings. The molecule has 3 N–H and O–H groups in total.